The van der Waals surface area contributed by atoms with E-state index in [0.717, 1.165) is 27.8 Å². The van der Waals surface area contributed by atoms with Gasteiger partial charge in [-0.1, -0.05) is 41.9 Å². The van der Waals surface area contributed by atoms with Crippen LogP contribution < -0.4 is 10.6 Å². The molecular weight excluding hydrogens is 476 g/mol. The van der Waals surface area contributed by atoms with E-state index >= 15 is 0 Å². The smallest absolute Gasteiger partial charge is 0.357 e. The molecule has 0 aliphatic rings. The van der Waals surface area contributed by atoms with E-state index in [1.165, 1.54) is 5.38 Å². The molecular formula is C24H21ClN4O4S. The second-order valence-corrected chi connectivity index (χ2v) is 8.67. The molecule has 0 aliphatic heterocycles. The summed E-state index contributed by atoms with van der Waals surface area (Å²) in [7, 11) is 0. The van der Waals surface area contributed by atoms with E-state index in [-0.39, 0.29) is 23.9 Å². The van der Waals surface area contributed by atoms with E-state index in [1.54, 1.807) is 31.2 Å². The molecule has 4 rings (SSSR count). The Morgan fingerprint density at radius 2 is 1.94 bits per heavy atom. The van der Waals surface area contributed by atoms with Crippen molar-refractivity contribution in [3.63, 3.8) is 0 Å². The Balaban J connectivity index is 1.52. The highest BCUT2D eigenvalue weighted by atomic mass is 35.5. The van der Waals surface area contributed by atoms with Gasteiger partial charge >= 0.3 is 5.97 Å². The maximum absolute atomic E-state index is 13.1. The predicted octanol–water partition coefficient (Wildman–Crippen LogP) is 4.43. The maximum atomic E-state index is 13.1. The van der Waals surface area contributed by atoms with Crippen molar-refractivity contribution in [3.05, 3.63) is 82.0 Å². The third-order valence-electron chi connectivity index (χ3n) is 4.95. The fourth-order valence-corrected chi connectivity index (χ4v) is 4.21. The monoisotopic (exact) mass is 496 g/mol. The number of nitrogens with zero attached hydrogens (tertiary/aromatic N) is 1. The summed E-state index contributed by atoms with van der Waals surface area (Å²) in [5, 5.41) is 8.58. The summed E-state index contributed by atoms with van der Waals surface area (Å²) in [4.78, 5) is 45.1. The van der Waals surface area contributed by atoms with E-state index in [9.17, 15) is 14.4 Å². The van der Waals surface area contributed by atoms with Gasteiger partial charge < -0.3 is 20.4 Å². The number of amides is 2. The van der Waals surface area contributed by atoms with Gasteiger partial charge in [0, 0.05) is 27.7 Å². The van der Waals surface area contributed by atoms with Crippen LogP contribution in [0.2, 0.25) is 5.02 Å². The number of rotatable bonds is 8. The molecule has 1 atom stereocenters. The molecule has 10 heteroatoms. The van der Waals surface area contributed by atoms with Gasteiger partial charge in [-0.15, -0.1) is 11.3 Å². The molecule has 2 aromatic carbocycles. The van der Waals surface area contributed by atoms with Crippen molar-refractivity contribution < 1.29 is 19.1 Å². The van der Waals surface area contributed by atoms with Gasteiger partial charge in [0.15, 0.2) is 10.8 Å². The van der Waals surface area contributed by atoms with Crippen LogP contribution >= 0.6 is 22.9 Å². The molecule has 0 saturated heterocycles. The zero-order valence-electron chi connectivity index (χ0n) is 18.1. The van der Waals surface area contributed by atoms with Crippen molar-refractivity contribution in [2.24, 2.45) is 0 Å². The number of anilines is 1. The Morgan fingerprint density at radius 1 is 1.15 bits per heavy atom. The molecule has 0 spiro atoms. The van der Waals surface area contributed by atoms with Gasteiger partial charge in [0.1, 0.15) is 11.7 Å². The van der Waals surface area contributed by atoms with E-state index in [1.807, 2.05) is 30.3 Å². The molecule has 0 radical (unpaired) electrons. The van der Waals surface area contributed by atoms with Crippen LogP contribution in [-0.2, 0) is 16.0 Å². The minimum atomic E-state index is -0.889. The highest BCUT2D eigenvalue weighted by Gasteiger charge is 2.24. The zero-order chi connectivity index (χ0) is 24.1. The first-order valence-corrected chi connectivity index (χ1v) is 11.7. The number of thiazole rings is 1. The van der Waals surface area contributed by atoms with Gasteiger partial charge in [0.05, 0.1) is 6.61 Å². The Kier molecular flexibility index (Phi) is 7.24. The number of benzene rings is 2. The quantitative estimate of drug-likeness (QED) is 0.312. The lowest BCUT2D eigenvalue weighted by Gasteiger charge is -2.17. The minimum absolute atomic E-state index is 0.113. The average molecular weight is 497 g/mol. The summed E-state index contributed by atoms with van der Waals surface area (Å²) >= 11 is 7.14. The van der Waals surface area contributed by atoms with Crippen LogP contribution in [0, 0.1) is 0 Å². The molecule has 174 valence electrons. The predicted molar refractivity (Wildman–Crippen MR) is 131 cm³/mol. The number of aromatic amines is 1. The molecule has 0 saturated carbocycles. The lowest BCUT2D eigenvalue weighted by atomic mass is 10.1. The second-order valence-electron chi connectivity index (χ2n) is 7.38. The fourth-order valence-electron chi connectivity index (χ4n) is 3.34. The summed E-state index contributed by atoms with van der Waals surface area (Å²) in [6.07, 6.45) is 0.264. The molecule has 0 fully saturated rings. The van der Waals surface area contributed by atoms with Crippen LogP contribution in [-0.4, -0.2) is 40.4 Å². The summed E-state index contributed by atoms with van der Waals surface area (Å²) in [6, 6.07) is 15.4. The van der Waals surface area contributed by atoms with Crippen LogP contribution in [0.15, 0.2) is 60.0 Å². The molecule has 0 unspecified atom stereocenters. The highest BCUT2D eigenvalue weighted by Crippen LogP contribution is 2.21. The van der Waals surface area contributed by atoms with Crippen molar-refractivity contribution in [2.75, 3.05) is 11.9 Å². The van der Waals surface area contributed by atoms with Crippen molar-refractivity contribution in [3.8, 4) is 0 Å². The third-order valence-corrected chi connectivity index (χ3v) is 5.94. The average Bonchev–Trinajstić information content (AvgIpc) is 3.46. The van der Waals surface area contributed by atoms with Crippen LogP contribution in [0.1, 0.15) is 33.5 Å². The lowest BCUT2D eigenvalue weighted by molar-refractivity contribution is -0.118. The van der Waals surface area contributed by atoms with Crippen LogP contribution in [0.25, 0.3) is 10.9 Å². The lowest BCUT2D eigenvalue weighted by Crippen LogP contribution is -2.45. The SMILES string of the molecule is CCOC(=O)c1csc(NC(=O)[C@H](Cc2ccccc2)NC(=O)c2cc3cc(Cl)ccc3[nH]2)n1. The Labute approximate surface area is 204 Å². The fraction of sp³-hybridized carbons (Fsp3) is 0.167. The first kappa shape index (κ1) is 23.5. The van der Waals surface area contributed by atoms with Gasteiger partial charge in [0.2, 0.25) is 5.91 Å². The number of aromatic nitrogens is 2. The summed E-state index contributed by atoms with van der Waals surface area (Å²) in [5.74, 6) is -1.46. The van der Waals surface area contributed by atoms with Crippen LogP contribution in [0.3, 0.4) is 0 Å². The Hall–Kier alpha value is -3.69. The number of nitrogens with one attached hydrogen (secondary N) is 3. The van der Waals surface area contributed by atoms with Crippen molar-refractivity contribution >= 4 is 56.8 Å². The molecule has 2 amide bonds. The number of hydrogen-bond acceptors (Lipinski definition) is 6. The van der Waals surface area contributed by atoms with Gasteiger partial charge in [0.25, 0.3) is 5.91 Å². The van der Waals surface area contributed by atoms with Crippen molar-refractivity contribution in [2.45, 2.75) is 19.4 Å². The molecule has 3 N–H and O–H groups in total. The standard InChI is InChI=1S/C24H21ClN4O4S/c1-2-33-23(32)20-13-34-24(28-20)29-22(31)18(10-14-6-4-3-5-7-14)27-21(30)19-12-15-11-16(25)8-9-17(15)26-19/h3-9,11-13,18,26H,2,10H2,1H3,(H,27,30)(H,28,29,31)/t18-/m0/s1. The molecule has 34 heavy (non-hydrogen) atoms. The molecule has 0 aliphatic carbocycles. The number of esters is 1. The summed E-state index contributed by atoms with van der Waals surface area (Å²) in [5.41, 5.74) is 2.05. The van der Waals surface area contributed by atoms with Gasteiger partial charge in [-0.3, -0.25) is 9.59 Å². The number of hydrogen-bond donors (Lipinski definition) is 3. The summed E-state index contributed by atoms with van der Waals surface area (Å²) < 4.78 is 4.93. The molecule has 4 aromatic rings. The number of carbonyl (C=O) groups is 3. The first-order chi connectivity index (χ1) is 16.4. The normalized spacial score (nSPS) is 11.7. The maximum Gasteiger partial charge on any atom is 0.357 e. The van der Waals surface area contributed by atoms with Crippen LogP contribution in [0.4, 0.5) is 5.13 Å². The largest absolute Gasteiger partial charge is 0.461 e. The number of ether oxygens (including phenoxy) is 1. The second kappa shape index (κ2) is 10.5. The molecule has 0 bridgehead atoms. The van der Waals surface area contributed by atoms with Gasteiger partial charge in [-0.2, -0.15) is 0 Å². The highest BCUT2D eigenvalue weighted by molar-refractivity contribution is 7.14. The number of halogens is 1. The third kappa shape index (κ3) is 5.62. The van der Waals surface area contributed by atoms with Crippen molar-refractivity contribution in [1.29, 1.82) is 0 Å². The van der Waals surface area contributed by atoms with Gasteiger partial charge in [-0.05, 0) is 36.8 Å². The zero-order valence-corrected chi connectivity index (χ0v) is 19.7. The topological polar surface area (TPSA) is 113 Å². The van der Waals surface area contributed by atoms with E-state index in [2.05, 4.69) is 20.6 Å². The Morgan fingerprint density at radius 3 is 2.71 bits per heavy atom. The van der Waals surface area contributed by atoms with E-state index < -0.39 is 23.8 Å². The van der Waals surface area contributed by atoms with Gasteiger partial charge in [-0.25, -0.2) is 9.78 Å². The Bertz CT molecular complexity index is 1340. The van der Waals surface area contributed by atoms with Crippen LogP contribution in [0.5, 0.6) is 0 Å². The first-order valence-electron chi connectivity index (χ1n) is 10.5. The molecule has 8 nitrogen and oxygen atoms in total. The molecule has 2 heterocycles. The number of fused-ring (bicyclic) bond motifs is 1. The molecule has 2 aromatic heterocycles. The number of H-pyrrole nitrogens is 1. The minimum Gasteiger partial charge on any atom is -0.461 e. The van der Waals surface area contributed by atoms with Crippen molar-refractivity contribution in [1.82, 2.24) is 15.3 Å². The van der Waals surface area contributed by atoms with E-state index in [0.29, 0.717) is 10.7 Å². The number of carbonyl (C=O) groups excluding carboxylic acids is 3. The summed E-state index contributed by atoms with van der Waals surface area (Å²) in [6.45, 7) is 1.93. The van der Waals surface area contributed by atoms with E-state index in [4.69, 9.17) is 16.3 Å².